The van der Waals surface area contributed by atoms with Gasteiger partial charge in [-0.2, -0.15) is 5.26 Å². The van der Waals surface area contributed by atoms with E-state index in [4.69, 9.17) is 14.7 Å². The number of hydrogen-bond donors (Lipinski definition) is 1. The zero-order chi connectivity index (χ0) is 13.8. The summed E-state index contributed by atoms with van der Waals surface area (Å²) in [7, 11) is 3.20. The highest BCUT2D eigenvalue weighted by Crippen LogP contribution is 2.33. The Morgan fingerprint density at radius 1 is 1.37 bits per heavy atom. The Morgan fingerprint density at radius 2 is 2.16 bits per heavy atom. The van der Waals surface area contributed by atoms with E-state index in [2.05, 4.69) is 32.0 Å². The van der Waals surface area contributed by atoms with Gasteiger partial charge in [-0.1, -0.05) is 0 Å². The van der Waals surface area contributed by atoms with E-state index in [0.29, 0.717) is 21.9 Å². The molecule has 0 saturated heterocycles. The highest BCUT2D eigenvalue weighted by atomic mass is 79.9. The predicted octanol–water partition coefficient (Wildman–Crippen LogP) is 2.92. The first-order valence-electron chi connectivity index (χ1n) is 5.53. The van der Waals surface area contributed by atoms with E-state index in [-0.39, 0.29) is 6.42 Å². The van der Waals surface area contributed by atoms with Gasteiger partial charge < -0.3 is 14.5 Å². The Hall–Kier alpha value is -2.00. The molecule has 0 atom stereocenters. The largest absolute Gasteiger partial charge is 0.497 e. The molecule has 0 saturated carbocycles. The van der Waals surface area contributed by atoms with E-state index in [1.54, 1.807) is 14.2 Å². The highest BCUT2D eigenvalue weighted by molar-refractivity contribution is 9.10. The average molecular weight is 322 g/mol. The van der Waals surface area contributed by atoms with E-state index in [0.717, 1.165) is 11.3 Å². The van der Waals surface area contributed by atoms with Crippen LogP contribution in [0.25, 0.3) is 11.4 Å². The molecule has 0 radical (unpaired) electrons. The molecule has 0 aliphatic heterocycles. The molecule has 0 aliphatic carbocycles. The van der Waals surface area contributed by atoms with Crippen molar-refractivity contribution in [2.45, 2.75) is 6.42 Å². The van der Waals surface area contributed by atoms with Crippen LogP contribution < -0.4 is 9.47 Å². The number of nitrogens with zero attached hydrogens (tertiary/aromatic N) is 2. The summed E-state index contributed by atoms with van der Waals surface area (Å²) in [4.78, 5) is 7.47. The van der Waals surface area contributed by atoms with Crippen molar-refractivity contribution in [3.05, 3.63) is 28.5 Å². The summed E-state index contributed by atoms with van der Waals surface area (Å²) < 4.78 is 11.1. The standard InChI is InChI=1S/C13H12BrN3O2/c1-18-8-3-4-11(19-2)9(7-8)13-16-10(5-6-15)12(14)17-13/h3-4,7H,5H2,1-2H3,(H,16,17). The summed E-state index contributed by atoms with van der Waals surface area (Å²) >= 11 is 3.33. The van der Waals surface area contributed by atoms with Crippen molar-refractivity contribution in [1.82, 2.24) is 9.97 Å². The second kappa shape index (κ2) is 5.76. The van der Waals surface area contributed by atoms with Crippen LogP contribution in [0, 0.1) is 11.3 Å². The lowest BCUT2D eigenvalue weighted by Crippen LogP contribution is -1.91. The summed E-state index contributed by atoms with van der Waals surface area (Å²) in [6.45, 7) is 0. The fraction of sp³-hybridized carbons (Fsp3) is 0.231. The minimum absolute atomic E-state index is 0.264. The van der Waals surface area contributed by atoms with Crippen molar-refractivity contribution in [2.75, 3.05) is 14.2 Å². The first-order valence-corrected chi connectivity index (χ1v) is 6.32. The van der Waals surface area contributed by atoms with Gasteiger partial charge in [-0.25, -0.2) is 4.98 Å². The first kappa shape index (κ1) is 13.4. The number of methoxy groups -OCH3 is 2. The van der Waals surface area contributed by atoms with Crippen molar-refractivity contribution in [3.63, 3.8) is 0 Å². The Kier molecular flexibility index (Phi) is 4.07. The third-order valence-corrected chi connectivity index (χ3v) is 3.30. The Balaban J connectivity index is 2.51. The number of imidazole rings is 1. The second-order valence-electron chi connectivity index (χ2n) is 3.76. The monoisotopic (exact) mass is 321 g/mol. The van der Waals surface area contributed by atoms with E-state index >= 15 is 0 Å². The van der Waals surface area contributed by atoms with E-state index in [9.17, 15) is 0 Å². The molecule has 1 aromatic heterocycles. The molecule has 2 rings (SSSR count). The maximum absolute atomic E-state index is 8.74. The van der Waals surface area contributed by atoms with Gasteiger partial charge in [0.15, 0.2) is 0 Å². The van der Waals surface area contributed by atoms with Crippen molar-refractivity contribution in [3.8, 4) is 29.0 Å². The molecule has 1 heterocycles. The maximum Gasteiger partial charge on any atom is 0.142 e. The molecule has 0 bridgehead atoms. The van der Waals surface area contributed by atoms with Crippen molar-refractivity contribution >= 4 is 15.9 Å². The first-order chi connectivity index (χ1) is 9.19. The van der Waals surface area contributed by atoms with Crippen LogP contribution in [0.5, 0.6) is 11.5 Å². The molecule has 0 spiro atoms. The van der Waals surface area contributed by atoms with E-state index in [1.165, 1.54) is 0 Å². The topological polar surface area (TPSA) is 70.9 Å². The van der Waals surface area contributed by atoms with Crippen LogP contribution in [-0.2, 0) is 6.42 Å². The molecule has 6 heteroatoms. The molecule has 2 aromatic rings. The van der Waals surface area contributed by atoms with Crippen LogP contribution in [0.4, 0.5) is 0 Å². The van der Waals surface area contributed by atoms with Crippen LogP contribution in [-0.4, -0.2) is 24.2 Å². The minimum atomic E-state index is 0.264. The van der Waals surface area contributed by atoms with Crippen molar-refractivity contribution < 1.29 is 9.47 Å². The third kappa shape index (κ3) is 2.71. The number of nitrogens with one attached hydrogen (secondary N) is 1. The van der Waals surface area contributed by atoms with Crippen LogP contribution in [0.1, 0.15) is 5.69 Å². The highest BCUT2D eigenvalue weighted by Gasteiger charge is 2.14. The maximum atomic E-state index is 8.74. The number of aromatic amines is 1. The molecule has 0 unspecified atom stereocenters. The normalized spacial score (nSPS) is 10.0. The van der Waals surface area contributed by atoms with Gasteiger partial charge in [0, 0.05) is 0 Å². The fourth-order valence-corrected chi connectivity index (χ4v) is 2.13. The third-order valence-electron chi connectivity index (χ3n) is 2.65. The summed E-state index contributed by atoms with van der Waals surface area (Å²) in [5.41, 5.74) is 1.52. The van der Waals surface area contributed by atoms with Gasteiger partial charge in [0.2, 0.25) is 0 Å². The van der Waals surface area contributed by atoms with Gasteiger partial charge in [-0.15, -0.1) is 0 Å². The lowest BCUT2D eigenvalue weighted by Gasteiger charge is -2.08. The van der Waals surface area contributed by atoms with E-state index < -0.39 is 0 Å². The van der Waals surface area contributed by atoms with Crippen LogP contribution in [0.2, 0.25) is 0 Å². The van der Waals surface area contributed by atoms with Gasteiger partial charge >= 0.3 is 0 Å². The number of ether oxygens (including phenoxy) is 2. The van der Waals surface area contributed by atoms with Gasteiger partial charge in [0.1, 0.15) is 21.9 Å². The number of aromatic nitrogens is 2. The SMILES string of the molecule is COc1ccc(OC)c(-c2nc(Br)c(CC#N)[nH]2)c1. The molecule has 98 valence electrons. The number of rotatable bonds is 4. The number of halogens is 1. The van der Waals surface area contributed by atoms with Crippen LogP contribution in [0.15, 0.2) is 22.8 Å². The smallest absolute Gasteiger partial charge is 0.142 e. The quantitative estimate of drug-likeness (QED) is 0.939. The summed E-state index contributed by atoms with van der Waals surface area (Å²) in [5, 5.41) is 8.74. The van der Waals surface area contributed by atoms with Crippen LogP contribution >= 0.6 is 15.9 Å². The molecule has 1 aromatic carbocycles. The van der Waals surface area contributed by atoms with E-state index in [1.807, 2.05) is 18.2 Å². The summed E-state index contributed by atoms with van der Waals surface area (Å²) in [6.07, 6.45) is 0.264. The lowest BCUT2D eigenvalue weighted by molar-refractivity contribution is 0.404. The molecular weight excluding hydrogens is 310 g/mol. The molecule has 0 amide bonds. The van der Waals surface area contributed by atoms with Crippen LogP contribution in [0.3, 0.4) is 0 Å². The Morgan fingerprint density at radius 3 is 2.79 bits per heavy atom. The second-order valence-corrected chi connectivity index (χ2v) is 4.51. The Bertz CT molecular complexity index is 631. The molecule has 19 heavy (non-hydrogen) atoms. The van der Waals surface area contributed by atoms with Gasteiger partial charge in [0.25, 0.3) is 0 Å². The van der Waals surface area contributed by atoms with Gasteiger partial charge in [-0.05, 0) is 34.1 Å². The van der Waals surface area contributed by atoms with Crippen molar-refractivity contribution in [2.24, 2.45) is 0 Å². The zero-order valence-electron chi connectivity index (χ0n) is 10.5. The number of benzene rings is 1. The fourth-order valence-electron chi connectivity index (χ4n) is 1.71. The Labute approximate surface area is 119 Å². The predicted molar refractivity (Wildman–Crippen MR) is 74.1 cm³/mol. The number of hydrogen-bond acceptors (Lipinski definition) is 4. The summed E-state index contributed by atoms with van der Waals surface area (Å²) in [6, 6.07) is 7.55. The molecule has 0 fully saturated rings. The molecule has 5 nitrogen and oxygen atoms in total. The lowest BCUT2D eigenvalue weighted by atomic mass is 10.2. The molecule has 0 aliphatic rings. The van der Waals surface area contributed by atoms with Gasteiger partial charge in [-0.3, -0.25) is 0 Å². The number of H-pyrrole nitrogens is 1. The van der Waals surface area contributed by atoms with Gasteiger partial charge in [0.05, 0.1) is 38.0 Å². The number of nitriles is 1. The van der Waals surface area contributed by atoms with Crippen molar-refractivity contribution in [1.29, 1.82) is 5.26 Å². The molecular formula is C13H12BrN3O2. The molecule has 1 N–H and O–H groups in total. The summed E-state index contributed by atoms with van der Waals surface area (Å²) in [5.74, 6) is 2.03. The zero-order valence-corrected chi connectivity index (χ0v) is 12.1. The average Bonchev–Trinajstić information content (AvgIpc) is 2.80. The minimum Gasteiger partial charge on any atom is -0.497 e.